The molecule has 1 unspecified atom stereocenters. The summed E-state index contributed by atoms with van der Waals surface area (Å²) < 4.78 is 0. The van der Waals surface area contributed by atoms with Crippen molar-refractivity contribution in [2.24, 2.45) is 17.6 Å². The van der Waals surface area contributed by atoms with E-state index < -0.39 is 0 Å². The first kappa shape index (κ1) is 16.4. The Morgan fingerprint density at radius 2 is 1.89 bits per heavy atom. The minimum atomic E-state index is 0.286. The molecule has 1 amide bonds. The van der Waals surface area contributed by atoms with Crippen LogP contribution in [0.15, 0.2) is 0 Å². The average Bonchev–Trinajstić information content (AvgIpc) is 2.39. The lowest BCUT2D eigenvalue weighted by Gasteiger charge is -2.35. The fourth-order valence-electron chi connectivity index (χ4n) is 2.49. The molecule has 4 heteroatoms. The Hall–Kier alpha value is -0.610. The number of nitrogens with two attached hydrogens (primary N) is 1. The first-order valence-corrected chi connectivity index (χ1v) is 7.62. The van der Waals surface area contributed by atoms with Crippen LogP contribution in [0.25, 0.3) is 0 Å². The summed E-state index contributed by atoms with van der Waals surface area (Å²) in [6, 6.07) is 0.602. The van der Waals surface area contributed by atoms with E-state index in [-0.39, 0.29) is 5.91 Å². The van der Waals surface area contributed by atoms with Gasteiger partial charge >= 0.3 is 0 Å². The molecule has 1 atom stereocenters. The lowest BCUT2D eigenvalue weighted by atomic mass is 9.95. The SMILES string of the molecule is CC(CN)CC(=O)N1CCC(CN(C)C(C)C)CC1. The maximum atomic E-state index is 12.1. The van der Waals surface area contributed by atoms with Gasteiger partial charge in [-0.05, 0) is 52.1 Å². The van der Waals surface area contributed by atoms with Crippen LogP contribution in [-0.2, 0) is 4.79 Å². The Balaban J connectivity index is 2.30. The van der Waals surface area contributed by atoms with Gasteiger partial charge in [-0.1, -0.05) is 6.92 Å². The molecule has 0 radical (unpaired) electrons. The first-order chi connectivity index (χ1) is 8.93. The number of likely N-dealkylation sites (tertiary alicyclic amines) is 1. The van der Waals surface area contributed by atoms with E-state index in [1.54, 1.807) is 0 Å². The zero-order chi connectivity index (χ0) is 14.4. The van der Waals surface area contributed by atoms with Crippen molar-refractivity contribution in [3.63, 3.8) is 0 Å². The van der Waals surface area contributed by atoms with Crippen LogP contribution < -0.4 is 5.73 Å². The van der Waals surface area contributed by atoms with Gasteiger partial charge in [0.25, 0.3) is 0 Å². The van der Waals surface area contributed by atoms with E-state index in [0.717, 1.165) is 38.4 Å². The molecule has 112 valence electrons. The molecule has 0 aliphatic carbocycles. The van der Waals surface area contributed by atoms with Crippen molar-refractivity contribution in [3.05, 3.63) is 0 Å². The van der Waals surface area contributed by atoms with Crippen molar-refractivity contribution >= 4 is 5.91 Å². The highest BCUT2D eigenvalue weighted by Crippen LogP contribution is 2.20. The highest BCUT2D eigenvalue weighted by atomic mass is 16.2. The van der Waals surface area contributed by atoms with E-state index in [9.17, 15) is 4.79 Å². The second-order valence-corrected chi connectivity index (χ2v) is 6.40. The molecule has 4 nitrogen and oxygen atoms in total. The third-order valence-corrected chi connectivity index (χ3v) is 4.32. The number of piperidine rings is 1. The highest BCUT2D eigenvalue weighted by Gasteiger charge is 2.24. The Morgan fingerprint density at radius 1 is 1.32 bits per heavy atom. The van der Waals surface area contributed by atoms with Gasteiger partial charge in [0.15, 0.2) is 0 Å². The lowest BCUT2D eigenvalue weighted by molar-refractivity contribution is -0.133. The van der Waals surface area contributed by atoms with Gasteiger partial charge in [0.05, 0.1) is 0 Å². The first-order valence-electron chi connectivity index (χ1n) is 7.62. The molecule has 0 aromatic carbocycles. The molecule has 1 rings (SSSR count). The number of hydrogen-bond acceptors (Lipinski definition) is 3. The summed E-state index contributed by atoms with van der Waals surface area (Å²) in [5.41, 5.74) is 5.58. The summed E-state index contributed by atoms with van der Waals surface area (Å²) in [6.45, 7) is 10.1. The molecule has 2 N–H and O–H groups in total. The molecule has 1 saturated heterocycles. The maximum Gasteiger partial charge on any atom is 0.222 e. The molecular formula is C15H31N3O. The van der Waals surface area contributed by atoms with Crippen molar-refractivity contribution in [2.75, 3.05) is 33.2 Å². The number of hydrogen-bond donors (Lipinski definition) is 1. The molecule has 1 aliphatic rings. The Bertz CT molecular complexity index is 273. The van der Waals surface area contributed by atoms with Crippen LogP contribution in [0.3, 0.4) is 0 Å². The summed E-state index contributed by atoms with van der Waals surface area (Å²) >= 11 is 0. The summed E-state index contributed by atoms with van der Waals surface area (Å²) in [7, 11) is 2.19. The minimum Gasteiger partial charge on any atom is -0.343 e. The smallest absolute Gasteiger partial charge is 0.222 e. The van der Waals surface area contributed by atoms with Gasteiger partial charge < -0.3 is 15.5 Å². The number of carbonyl (C=O) groups is 1. The van der Waals surface area contributed by atoms with Gasteiger partial charge in [-0.3, -0.25) is 4.79 Å². The summed E-state index contributed by atoms with van der Waals surface area (Å²) in [5.74, 6) is 1.33. The number of carbonyl (C=O) groups excluding carboxylic acids is 1. The van der Waals surface area contributed by atoms with E-state index in [1.807, 2.05) is 11.8 Å². The van der Waals surface area contributed by atoms with Gasteiger partial charge in [-0.25, -0.2) is 0 Å². The third-order valence-electron chi connectivity index (χ3n) is 4.32. The zero-order valence-corrected chi connectivity index (χ0v) is 13.1. The highest BCUT2D eigenvalue weighted by molar-refractivity contribution is 5.76. The second kappa shape index (κ2) is 7.85. The topological polar surface area (TPSA) is 49.6 Å². The molecule has 19 heavy (non-hydrogen) atoms. The van der Waals surface area contributed by atoms with Crippen molar-refractivity contribution in [1.29, 1.82) is 0 Å². The van der Waals surface area contributed by atoms with E-state index in [1.165, 1.54) is 0 Å². The summed E-state index contributed by atoms with van der Waals surface area (Å²) in [4.78, 5) is 16.5. The molecule has 1 fully saturated rings. The number of amides is 1. The molecule has 1 heterocycles. The van der Waals surface area contributed by atoms with Crippen LogP contribution in [0.4, 0.5) is 0 Å². The number of nitrogens with zero attached hydrogens (tertiary/aromatic N) is 2. The van der Waals surface area contributed by atoms with Crippen LogP contribution in [0.5, 0.6) is 0 Å². The van der Waals surface area contributed by atoms with Gasteiger partial charge in [0, 0.05) is 32.1 Å². The summed E-state index contributed by atoms with van der Waals surface area (Å²) in [6.07, 6.45) is 2.88. The van der Waals surface area contributed by atoms with Crippen LogP contribution >= 0.6 is 0 Å². The van der Waals surface area contributed by atoms with Crippen LogP contribution in [-0.4, -0.2) is 55.0 Å². The molecule has 0 spiro atoms. The van der Waals surface area contributed by atoms with Crippen LogP contribution in [0.2, 0.25) is 0 Å². The fraction of sp³-hybridized carbons (Fsp3) is 0.933. The van der Waals surface area contributed by atoms with Crippen LogP contribution in [0, 0.1) is 11.8 Å². The van der Waals surface area contributed by atoms with Gasteiger partial charge in [0.1, 0.15) is 0 Å². The Kier molecular flexibility index (Phi) is 6.80. The molecule has 1 aliphatic heterocycles. The van der Waals surface area contributed by atoms with Gasteiger partial charge in [-0.2, -0.15) is 0 Å². The van der Waals surface area contributed by atoms with Crippen molar-refractivity contribution in [2.45, 2.75) is 46.1 Å². The minimum absolute atomic E-state index is 0.286. The van der Waals surface area contributed by atoms with Gasteiger partial charge in [-0.15, -0.1) is 0 Å². The molecule has 0 aromatic heterocycles. The lowest BCUT2D eigenvalue weighted by Crippen LogP contribution is -2.42. The Labute approximate surface area is 118 Å². The molecule has 0 saturated carbocycles. The van der Waals surface area contributed by atoms with Crippen molar-refractivity contribution in [3.8, 4) is 0 Å². The standard InChI is InChI=1S/C15H31N3O/c1-12(2)17(4)11-14-5-7-18(8-6-14)15(19)9-13(3)10-16/h12-14H,5-11,16H2,1-4H3. The number of rotatable bonds is 6. The van der Waals surface area contributed by atoms with Gasteiger partial charge in [0.2, 0.25) is 5.91 Å². The van der Waals surface area contributed by atoms with Crippen LogP contribution in [0.1, 0.15) is 40.0 Å². The monoisotopic (exact) mass is 269 g/mol. The average molecular weight is 269 g/mol. The fourth-order valence-corrected chi connectivity index (χ4v) is 2.49. The van der Waals surface area contributed by atoms with E-state index in [4.69, 9.17) is 5.73 Å². The predicted octanol–water partition coefficient (Wildman–Crippen LogP) is 1.55. The van der Waals surface area contributed by atoms with E-state index >= 15 is 0 Å². The normalized spacial score (nSPS) is 19.2. The molecule has 0 aromatic rings. The third kappa shape index (κ3) is 5.49. The predicted molar refractivity (Wildman–Crippen MR) is 79.9 cm³/mol. The molecular weight excluding hydrogens is 238 g/mol. The molecule has 0 bridgehead atoms. The van der Waals surface area contributed by atoms with Crippen molar-refractivity contribution < 1.29 is 4.79 Å². The second-order valence-electron chi connectivity index (χ2n) is 6.40. The van der Waals surface area contributed by atoms with Crippen molar-refractivity contribution in [1.82, 2.24) is 9.80 Å². The van der Waals surface area contributed by atoms with E-state index in [2.05, 4.69) is 25.8 Å². The Morgan fingerprint density at radius 3 is 2.37 bits per heavy atom. The van der Waals surface area contributed by atoms with E-state index in [0.29, 0.717) is 24.9 Å². The zero-order valence-electron chi connectivity index (χ0n) is 13.1. The summed E-state index contributed by atoms with van der Waals surface area (Å²) in [5, 5.41) is 0. The quantitative estimate of drug-likeness (QED) is 0.796. The maximum absolute atomic E-state index is 12.1. The largest absolute Gasteiger partial charge is 0.343 e.